The summed E-state index contributed by atoms with van der Waals surface area (Å²) in [7, 11) is 2.00. The summed E-state index contributed by atoms with van der Waals surface area (Å²) >= 11 is 5.72. The standard InChI is InChI=1S/C11H17ClN2O/c1-3-15-8-7-14(2)11-6-4-5-10(9-12)13-11/h4-6H,3,7-9H2,1-2H3. The van der Waals surface area contributed by atoms with E-state index in [2.05, 4.69) is 9.88 Å². The van der Waals surface area contributed by atoms with Crippen molar-refractivity contribution >= 4 is 17.4 Å². The summed E-state index contributed by atoms with van der Waals surface area (Å²) in [6.45, 7) is 4.31. The highest BCUT2D eigenvalue weighted by molar-refractivity contribution is 6.16. The van der Waals surface area contributed by atoms with Crippen LogP contribution in [0.4, 0.5) is 5.82 Å². The number of hydrogen-bond acceptors (Lipinski definition) is 3. The average molecular weight is 229 g/mol. The number of ether oxygens (including phenoxy) is 1. The summed E-state index contributed by atoms with van der Waals surface area (Å²) in [6, 6.07) is 5.87. The molecule has 0 radical (unpaired) electrons. The molecule has 1 aromatic heterocycles. The highest BCUT2D eigenvalue weighted by Gasteiger charge is 2.02. The molecule has 0 atom stereocenters. The van der Waals surface area contributed by atoms with Crippen molar-refractivity contribution in [2.75, 3.05) is 31.7 Å². The number of pyridine rings is 1. The van der Waals surface area contributed by atoms with Crippen LogP contribution in [-0.2, 0) is 10.6 Å². The van der Waals surface area contributed by atoms with E-state index in [0.717, 1.165) is 31.3 Å². The van der Waals surface area contributed by atoms with Gasteiger partial charge in [-0.1, -0.05) is 6.07 Å². The van der Waals surface area contributed by atoms with Crippen LogP contribution in [-0.4, -0.2) is 31.8 Å². The van der Waals surface area contributed by atoms with Crippen molar-refractivity contribution in [1.29, 1.82) is 0 Å². The molecule has 1 heterocycles. The molecule has 15 heavy (non-hydrogen) atoms. The molecule has 0 amide bonds. The summed E-state index contributed by atoms with van der Waals surface area (Å²) < 4.78 is 5.29. The van der Waals surface area contributed by atoms with Crippen LogP contribution < -0.4 is 4.90 Å². The molecule has 0 aliphatic heterocycles. The molecule has 0 spiro atoms. The number of halogens is 1. The van der Waals surface area contributed by atoms with Gasteiger partial charge >= 0.3 is 0 Å². The minimum atomic E-state index is 0.452. The van der Waals surface area contributed by atoms with Crippen molar-refractivity contribution in [2.24, 2.45) is 0 Å². The maximum Gasteiger partial charge on any atom is 0.128 e. The van der Waals surface area contributed by atoms with E-state index in [0.29, 0.717) is 5.88 Å². The fourth-order valence-electron chi connectivity index (χ4n) is 1.21. The molecule has 1 aromatic rings. The van der Waals surface area contributed by atoms with Gasteiger partial charge in [0.05, 0.1) is 18.2 Å². The fraction of sp³-hybridized carbons (Fsp3) is 0.545. The summed E-state index contributed by atoms with van der Waals surface area (Å²) in [6.07, 6.45) is 0. The van der Waals surface area contributed by atoms with Crippen molar-refractivity contribution in [3.8, 4) is 0 Å². The van der Waals surface area contributed by atoms with Gasteiger partial charge in [0.1, 0.15) is 5.82 Å². The Bertz CT molecular complexity index is 294. The molecule has 0 fully saturated rings. The summed E-state index contributed by atoms with van der Waals surface area (Å²) in [5, 5.41) is 0. The van der Waals surface area contributed by atoms with E-state index in [-0.39, 0.29) is 0 Å². The van der Waals surface area contributed by atoms with Gasteiger partial charge in [-0.2, -0.15) is 0 Å². The summed E-state index contributed by atoms with van der Waals surface area (Å²) in [4.78, 5) is 6.47. The van der Waals surface area contributed by atoms with Gasteiger partial charge in [0.2, 0.25) is 0 Å². The number of likely N-dealkylation sites (N-methyl/N-ethyl adjacent to an activating group) is 1. The summed E-state index contributed by atoms with van der Waals surface area (Å²) in [5.41, 5.74) is 0.900. The fourth-order valence-corrected chi connectivity index (χ4v) is 1.36. The van der Waals surface area contributed by atoms with Crippen molar-refractivity contribution in [2.45, 2.75) is 12.8 Å². The molecule has 0 aliphatic rings. The van der Waals surface area contributed by atoms with E-state index in [4.69, 9.17) is 16.3 Å². The van der Waals surface area contributed by atoms with Gasteiger partial charge in [0, 0.05) is 20.2 Å². The molecule has 0 aromatic carbocycles. The lowest BCUT2D eigenvalue weighted by molar-refractivity contribution is 0.154. The summed E-state index contributed by atoms with van der Waals surface area (Å²) in [5.74, 6) is 1.39. The van der Waals surface area contributed by atoms with Gasteiger partial charge in [-0.3, -0.25) is 0 Å². The second-order valence-electron chi connectivity index (χ2n) is 3.24. The van der Waals surface area contributed by atoms with Crippen molar-refractivity contribution in [3.05, 3.63) is 23.9 Å². The molecule has 0 unspecified atom stereocenters. The first-order chi connectivity index (χ1) is 7.27. The van der Waals surface area contributed by atoms with Crippen LogP contribution in [0, 0.1) is 0 Å². The molecule has 84 valence electrons. The largest absolute Gasteiger partial charge is 0.380 e. The number of anilines is 1. The van der Waals surface area contributed by atoms with E-state index < -0.39 is 0 Å². The predicted octanol–water partition coefficient (Wildman–Crippen LogP) is 2.29. The van der Waals surface area contributed by atoms with Crippen LogP contribution >= 0.6 is 11.6 Å². The van der Waals surface area contributed by atoms with Gasteiger partial charge in [-0.25, -0.2) is 4.98 Å². The lowest BCUT2D eigenvalue weighted by Crippen LogP contribution is -2.23. The van der Waals surface area contributed by atoms with Crippen molar-refractivity contribution < 1.29 is 4.74 Å². The second-order valence-corrected chi connectivity index (χ2v) is 3.51. The second kappa shape index (κ2) is 6.64. The minimum absolute atomic E-state index is 0.452. The zero-order valence-electron chi connectivity index (χ0n) is 9.24. The maximum absolute atomic E-state index is 5.72. The molecular weight excluding hydrogens is 212 g/mol. The van der Waals surface area contributed by atoms with Crippen LogP contribution in [0.1, 0.15) is 12.6 Å². The highest BCUT2D eigenvalue weighted by atomic mass is 35.5. The van der Waals surface area contributed by atoms with E-state index in [9.17, 15) is 0 Å². The third-order valence-electron chi connectivity index (χ3n) is 2.10. The Morgan fingerprint density at radius 2 is 2.27 bits per heavy atom. The first kappa shape index (κ1) is 12.3. The molecule has 0 bridgehead atoms. The molecule has 4 heteroatoms. The smallest absolute Gasteiger partial charge is 0.128 e. The average Bonchev–Trinajstić information content (AvgIpc) is 2.29. The van der Waals surface area contributed by atoms with Gasteiger partial charge in [-0.05, 0) is 19.1 Å². The number of rotatable bonds is 6. The first-order valence-electron chi connectivity index (χ1n) is 5.08. The van der Waals surface area contributed by atoms with Crippen LogP contribution in [0.25, 0.3) is 0 Å². The molecule has 3 nitrogen and oxygen atoms in total. The Balaban J connectivity index is 2.52. The zero-order valence-corrected chi connectivity index (χ0v) is 10.00. The van der Waals surface area contributed by atoms with Gasteiger partial charge in [0.15, 0.2) is 0 Å². The van der Waals surface area contributed by atoms with Crippen LogP contribution in [0.2, 0.25) is 0 Å². The normalized spacial score (nSPS) is 10.3. The lowest BCUT2D eigenvalue weighted by atomic mass is 10.3. The van der Waals surface area contributed by atoms with Gasteiger partial charge in [0.25, 0.3) is 0 Å². The highest BCUT2D eigenvalue weighted by Crippen LogP contribution is 2.10. The lowest BCUT2D eigenvalue weighted by Gasteiger charge is -2.18. The zero-order chi connectivity index (χ0) is 11.1. The van der Waals surface area contributed by atoms with Gasteiger partial charge in [-0.15, -0.1) is 11.6 Å². The first-order valence-corrected chi connectivity index (χ1v) is 5.62. The van der Waals surface area contributed by atoms with E-state index in [1.165, 1.54) is 0 Å². The Morgan fingerprint density at radius 3 is 2.93 bits per heavy atom. The van der Waals surface area contributed by atoms with Crippen molar-refractivity contribution in [1.82, 2.24) is 4.98 Å². The van der Waals surface area contributed by atoms with Crippen LogP contribution in [0.15, 0.2) is 18.2 Å². The molecule has 0 saturated carbocycles. The third kappa shape index (κ3) is 4.06. The maximum atomic E-state index is 5.72. The quantitative estimate of drug-likeness (QED) is 0.552. The van der Waals surface area contributed by atoms with Crippen LogP contribution in [0.3, 0.4) is 0 Å². The molecule has 0 N–H and O–H groups in total. The third-order valence-corrected chi connectivity index (χ3v) is 2.37. The van der Waals surface area contributed by atoms with E-state index in [1.807, 2.05) is 32.2 Å². The van der Waals surface area contributed by atoms with Crippen molar-refractivity contribution in [3.63, 3.8) is 0 Å². The van der Waals surface area contributed by atoms with Crippen LogP contribution in [0.5, 0.6) is 0 Å². The number of aromatic nitrogens is 1. The number of hydrogen-bond donors (Lipinski definition) is 0. The molecule has 1 rings (SSSR count). The van der Waals surface area contributed by atoms with E-state index in [1.54, 1.807) is 0 Å². The number of nitrogens with zero attached hydrogens (tertiary/aromatic N) is 2. The Labute approximate surface area is 96.0 Å². The predicted molar refractivity (Wildman–Crippen MR) is 63.6 cm³/mol. The van der Waals surface area contributed by atoms with Gasteiger partial charge < -0.3 is 9.64 Å². The topological polar surface area (TPSA) is 25.4 Å². The molecular formula is C11H17ClN2O. The monoisotopic (exact) mass is 228 g/mol. The Kier molecular flexibility index (Phi) is 5.43. The number of alkyl halides is 1. The van der Waals surface area contributed by atoms with E-state index >= 15 is 0 Å². The minimum Gasteiger partial charge on any atom is -0.380 e. The Hall–Kier alpha value is -0.800. The Morgan fingerprint density at radius 1 is 1.47 bits per heavy atom. The molecule has 0 saturated heterocycles. The molecule has 0 aliphatic carbocycles. The SMILES string of the molecule is CCOCCN(C)c1cccc(CCl)n1.